The maximum absolute atomic E-state index is 13.5. The van der Waals surface area contributed by atoms with Gasteiger partial charge in [-0.05, 0) is 54.7 Å². The van der Waals surface area contributed by atoms with Gasteiger partial charge in [-0.25, -0.2) is 4.39 Å². The summed E-state index contributed by atoms with van der Waals surface area (Å²) in [6.45, 7) is 3.63. The predicted molar refractivity (Wildman–Crippen MR) is 86.5 cm³/mol. The maximum Gasteiger partial charge on any atom is 0.128 e. The van der Waals surface area contributed by atoms with Crippen molar-refractivity contribution in [1.82, 2.24) is 0 Å². The van der Waals surface area contributed by atoms with Crippen LogP contribution in [0.4, 0.5) is 15.8 Å². The minimum atomic E-state index is -0.160. The summed E-state index contributed by atoms with van der Waals surface area (Å²) in [6, 6.07) is 11.9. The second kappa shape index (κ2) is 5.76. The highest BCUT2D eigenvalue weighted by Crippen LogP contribution is 2.27. The van der Waals surface area contributed by atoms with Crippen LogP contribution < -0.4 is 10.2 Å². The summed E-state index contributed by atoms with van der Waals surface area (Å²) in [5, 5.41) is 3.29. The molecule has 1 N–H and O–H groups in total. The highest BCUT2D eigenvalue weighted by atomic mass is 19.1. The Bertz CT molecular complexity index is 652. The number of fused-ring (bicyclic) bond motifs is 1. The van der Waals surface area contributed by atoms with Crippen LogP contribution in [0.25, 0.3) is 0 Å². The molecule has 21 heavy (non-hydrogen) atoms. The molecule has 110 valence electrons. The van der Waals surface area contributed by atoms with E-state index in [1.807, 2.05) is 6.07 Å². The van der Waals surface area contributed by atoms with Gasteiger partial charge >= 0.3 is 0 Å². The number of rotatable bonds is 3. The van der Waals surface area contributed by atoms with E-state index < -0.39 is 0 Å². The first-order valence-corrected chi connectivity index (χ1v) is 7.46. The van der Waals surface area contributed by atoms with Gasteiger partial charge in [-0.3, -0.25) is 0 Å². The Morgan fingerprint density at radius 2 is 2.05 bits per heavy atom. The fraction of sp³-hybridized carbons (Fsp3) is 0.333. The summed E-state index contributed by atoms with van der Waals surface area (Å²) in [4.78, 5) is 2.31. The van der Waals surface area contributed by atoms with Crippen molar-refractivity contribution in [3.05, 3.63) is 58.9 Å². The standard InChI is InChI=1S/C18H21FN2/c1-13-5-7-16(11-17(13)19)20-12-14-6-8-18-15(10-14)4-3-9-21(18)2/h5-8,10-11,20H,3-4,9,12H2,1-2H3. The molecule has 2 aromatic rings. The average Bonchev–Trinajstić information content (AvgIpc) is 2.49. The lowest BCUT2D eigenvalue weighted by atomic mass is 9.99. The Morgan fingerprint density at radius 3 is 2.86 bits per heavy atom. The van der Waals surface area contributed by atoms with Crippen LogP contribution >= 0.6 is 0 Å². The van der Waals surface area contributed by atoms with Gasteiger partial charge in [0, 0.05) is 31.5 Å². The third-order valence-electron chi connectivity index (χ3n) is 4.16. The SMILES string of the molecule is Cc1ccc(NCc2ccc3c(c2)CCCN3C)cc1F. The molecule has 0 atom stereocenters. The first kappa shape index (κ1) is 13.9. The molecule has 2 aromatic carbocycles. The summed E-state index contributed by atoms with van der Waals surface area (Å²) >= 11 is 0. The van der Waals surface area contributed by atoms with Crippen LogP contribution in [0.3, 0.4) is 0 Å². The molecule has 0 saturated carbocycles. The van der Waals surface area contributed by atoms with Crippen LogP contribution in [-0.4, -0.2) is 13.6 Å². The highest BCUT2D eigenvalue weighted by molar-refractivity contribution is 5.56. The van der Waals surface area contributed by atoms with Crippen LogP contribution in [0.1, 0.15) is 23.1 Å². The Labute approximate surface area is 125 Å². The normalized spacial score (nSPS) is 14.0. The topological polar surface area (TPSA) is 15.3 Å². The van der Waals surface area contributed by atoms with Gasteiger partial charge in [0.25, 0.3) is 0 Å². The second-order valence-electron chi connectivity index (χ2n) is 5.81. The zero-order valence-electron chi connectivity index (χ0n) is 12.6. The van der Waals surface area contributed by atoms with E-state index in [4.69, 9.17) is 0 Å². The highest BCUT2D eigenvalue weighted by Gasteiger charge is 2.13. The largest absolute Gasteiger partial charge is 0.381 e. The molecule has 0 radical (unpaired) electrons. The van der Waals surface area contributed by atoms with E-state index in [9.17, 15) is 4.39 Å². The molecular formula is C18H21FN2. The molecule has 0 unspecified atom stereocenters. The molecule has 0 aromatic heterocycles. The van der Waals surface area contributed by atoms with E-state index in [2.05, 4.69) is 35.5 Å². The number of benzene rings is 2. The molecular weight excluding hydrogens is 263 g/mol. The maximum atomic E-state index is 13.5. The number of anilines is 2. The molecule has 1 aliphatic heterocycles. The molecule has 0 bridgehead atoms. The lowest BCUT2D eigenvalue weighted by molar-refractivity contribution is 0.619. The van der Waals surface area contributed by atoms with Crippen LogP contribution in [0, 0.1) is 12.7 Å². The average molecular weight is 284 g/mol. The van der Waals surface area contributed by atoms with Gasteiger partial charge in [0.2, 0.25) is 0 Å². The van der Waals surface area contributed by atoms with Crippen LogP contribution in [0.15, 0.2) is 36.4 Å². The molecule has 1 heterocycles. The lowest BCUT2D eigenvalue weighted by Crippen LogP contribution is -2.24. The molecule has 1 aliphatic rings. The minimum Gasteiger partial charge on any atom is -0.381 e. The monoisotopic (exact) mass is 284 g/mol. The molecule has 2 nitrogen and oxygen atoms in total. The van der Waals surface area contributed by atoms with Crippen molar-refractivity contribution in [2.24, 2.45) is 0 Å². The molecule has 0 saturated heterocycles. The van der Waals surface area contributed by atoms with Gasteiger partial charge in [-0.1, -0.05) is 18.2 Å². The van der Waals surface area contributed by atoms with Crippen molar-refractivity contribution < 1.29 is 4.39 Å². The zero-order chi connectivity index (χ0) is 14.8. The summed E-state index contributed by atoms with van der Waals surface area (Å²) in [6.07, 6.45) is 2.36. The van der Waals surface area contributed by atoms with E-state index in [0.29, 0.717) is 5.56 Å². The Kier molecular flexibility index (Phi) is 3.82. The van der Waals surface area contributed by atoms with Crippen molar-refractivity contribution in [3.63, 3.8) is 0 Å². The van der Waals surface area contributed by atoms with E-state index >= 15 is 0 Å². The van der Waals surface area contributed by atoms with Crippen LogP contribution in [-0.2, 0) is 13.0 Å². The van der Waals surface area contributed by atoms with Crippen LogP contribution in [0.2, 0.25) is 0 Å². The van der Waals surface area contributed by atoms with E-state index in [0.717, 1.165) is 25.2 Å². The molecule has 0 aliphatic carbocycles. The Hall–Kier alpha value is -2.03. The van der Waals surface area contributed by atoms with E-state index in [1.54, 1.807) is 19.1 Å². The van der Waals surface area contributed by atoms with Gasteiger partial charge in [0.05, 0.1) is 0 Å². The van der Waals surface area contributed by atoms with Gasteiger partial charge in [-0.2, -0.15) is 0 Å². The third kappa shape index (κ3) is 3.02. The lowest BCUT2D eigenvalue weighted by Gasteiger charge is -2.27. The Balaban J connectivity index is 1.72. The fourth-order valence-electron chi connectivity index (χ4n) is 2.86. The fourth-order valence-corrected chi connectivity index (χ4v) is 2.86. The number of aryl methyl sites for hydroxylation is 2. The number of nitrogens with zero attached hydrogens (tertiary/aromatic N) is 1. The number of hydrogen-bond acceptors (Lipinski definition) is 2. The van der Waals surface area contributed by atoms with Crippen molar-refractivity contribution in [1.29, 1.82) is 0 Å². The summed E-state index contributed by atoms with van der Waals surface area (Å²) < 4.78 is 13.5. The molecule has 3 heteroatoms. The quantitative estimate of drug-likeness (QED) is 0.911. The summed E-state index contributed by atoms with van der Waals surface area (Å²) in [5.41, 5.74) is 5.50. The van der Waals surface area contributed by atoms with Crippen molar-refractivity contribution in [3.8, 4) is 0 Å². The number of halogens is 1. The van der Waals surface area contributed by atoms with Crippen LogP contribution in [0.5, 0.6) is 0 Å². The third-order valence-corrected chi connectivity index (χ3v) is 4.16. The molecule has 3 rings (SSSR count). The van der Waals surface area contributed by atoms with Crippen molar-refractivity contribution in [2.45, 2.75) is 26.3 Å². The Morgan fingerprint density at radius 1 is 1.19 bits per heavy atom. The van der Waals surface area contributed by atoms with E-state index in [1.165, 1.54) is 23.2 Å². The summed E-state index contributed by atoms with van der Waals surface area (Å²) in [5.74, 6) is -0.160. The molecule has 0 spiro atoms. The second-order valence-corrected chi connectivity index (χ2v) is 5.81. The smallest absolute Gasteiger partial charge is 0.128 e. The van der Waals surface area contributed by atoms with Gasteiger partial charge < -0.3 is 10.2 Å². The predicted octanol–water partition coefficient (Wildman–Crippen LogP) is 4.13. The molecule has 0 amide bonds. The first-order valence-electron chi connectivity index (χ1n) is 7.46. The van der Waals surface area contributed by atoms with Crippen molar-refractivity contribution in [2.75, 3.05) is 23.8 Å². The minimum absolute atomic E-state index is 0.160. The number of hydrogen-bond donors (Lipinski definition) is 1. The molecule has 0 fully saturated rings. The first-order chi connectivity index (χ1) is 10.1. The summed E-state index contributed by atoms with van der Waals surface area (Å²) in [7, 11) is 2.14. The van der Waals surface area contributed by atoms with Crippen molar-refractivity contribution >= 4 is 11.4 Å². The van der Waals surface area contributed by atoms with Gasteiger partial charge in [0.15, 0.2) is 0 Å². The van der Waals surface area contributed by atoms with E-state index in [-0.39, 0.29) is 5.82 Å². The zero-order valence-corrected chi connectivity index (χ0v) is 12.6. The number of nitrogens with one attached hydrogen (secondary N) is 1. The van der Waals surface area contributed by atoms with Gasteiger partial charge in [-0.15, -0.1) is 0 Å². The van der Waals surface area contributed by atoms with Gasteiger partial charge in [0.1, 0.15) is 5.82 Å².